The summed E-state index contributed by atoms with van der Waals surface area (Å²) in [4.78, 5) is 2.55. The molecule has 0 saturated carbocycles. The monoisotopic (exact) mass is 264 g/mol. The molecule has 106 valence electrons. The molecule has 19 heavy (non-hydrogen) atoms. The third-order valence-electron chi connectivity index (χ3n) is 4.04. The van der Waals surface area contributed by atoms with Crippen LogP contribution in [0.2, 0.25) is 0 Å². The lowest BCUT2D eigenvalue weighted by Crippen LogP contribution is -2.46. The van der Waals surface area contributed by atoms with Gasteiger partial charge in [0.2, 0.25) is 0 Å². The molecular formula is C16H25FN2. The Hall–Kier alpha value is -0.930. The average Bonchev–Trinajstić information content (AvgIpc) is 2.43. The molecule has 1 N–H and O–H groups in total. The van der Waals surface area contributed by atoms with E-state index in [0.717, 1.165) is 26.2 Å². The van der Waals surface area contributed by atoms with Crippen LogP contribution in [-0.4, -0.2) is 31.1 Å². The van der Waals surface area contributed by atoms with Crippen molar-refractivity contribution in [2.75, 3.05) is 26.2 Å². The molecule has 1 aliphatic rings. The maximum absolute atomic E-state index is 13.1. The third-order valence-corrected chi connectivity index (χ3v) is 4.04. The highest BCUT2D eigenvalue weighted by Gasteiger charge is 2.26. The molecule has 2 atom stereocenters. The highest BCUT2D eigenvalue weighted by molar-refractivity contribution is 5.21. The molecule has 1 saturated heterocycles. The van der Waals surface area contributed by atoms with Gasteiger partial charge < -0.3 is 5.32 Å². The van der Waals surface area contributed by atoms with Crippen LogP contribution in [0, 0.1) is 11.7 Å². The fourth-order valence-corrected chi connectivity index (χ4v) is 3.13. The molecule has 0 aliphatic carbocycles. The van der Waals surface area contributed by atoms with Crippen LogP contribution >= 0.6 is 0 Å². The lowest BCUT2D eigenvalue weighted by molar-refractivity contribution is 0.126. The summed E-state index contributed by atoms with van der Waals surface area (Å²) >= 11 is 0. The predicted octanol–water partition coefficient (Wildman–Crippen LogP) is 3.21. The molecule has 1 fully saturated rings. The van der Waals surface area contributed by atoms with Gasteiger partial charge in [0.15, 0.2) is 0 Å². The zero-order valence-corrected chi connectivity index (χ0v) is 12.0. The van der Waals surface area contributed by atoms with Gasteiger partial charge in [0.05, 0.1) is 0 Å². The Labute approximate surface area is 116 Å². The standard InChI is InChI=1S/C16H25FN2/c1-3-4-13(2)16(19-11-9-18-10-12-19)14-5-7-15(17)8-6-14/h5-8,13,16,18H,3-4,9-12H2,1-2H3/t13?,16-/m0/s1. The summed E-state index contributed by atoms with van der Waals surface area (Å²) in [6.45, 7) is 8.81. The average molecular weight is 264 g/mol. The molecule has 0 radical (unpaired) electrons. The lowest BCUT2D eigenvalue weighted by Gasteiger charge is -2.38. The highest BCUT2D eigenvalue weighted by Crippen LogP contribution is 2.31. The van der Waals surface area contributed by atoms with Gasteiger partial charge in [0, 0.05) is 32.2 Å². The molecule has 0 aromatic heterocycles. The van der Waals surface area contributed by atoms with Crippen molar-refractivity contribution >= 4 is 0 Å². The quantitative estimate of drug-likeness (QED) is 0.878. The van der Waals surface area contributed by atoms with E-state index in [2.05, 4.69) is 24.1 Å². The lowest BCUT2D eigenvalue weighted by atomic mass is 9.89. The summed E-state index contributed by atoms with van der Waals surface area (Å²) in [5.74, 6) is 0.458. The zero-order chi connectivity index (χ0) is 13.7. The molecule has 1 aromatic rings. The van der Waals surface area contributed by atoms with Gasteiger partial charge in [0.1, 0.15) is 5.82 Å². The Morgan fingerprint density at radius 2 is 1.84 bits per heavy atom. The van der Waals surface area contributed by atoms with Gasteiger partial charge in [-0.15, -0.1) is 0 Å². The number of benzene rings is 1. The van der Waals surface area contributed by atoms with E-state index in [9.17, 15) is 4.39 Å². The van der Waals surface area contributed by atoms with E-state index >= 15 is 0 Å². The number of piperazine rings is 1. The minimum Gasteiger partial charge on any atom is -0.314 e. The molecule has 1 unspecified atom stereocenters. The Bertz CT molecular complexity index is 371. The SMILES string of the molecule is CCCC(C)[C@@H](c1ccc(F)cc1)N1CCNCC1. The number of rotatable bonds is 5. The van der Waals surface area contributed by atoms with Crippen molar-refractivity contribution in [1.29, 1.82) is 0 Å². The molecule has 2 nitrogen and oxygen atoms in total. The van der Waals surface area contributed by atoms with Gasteiger partial charge in [-0.1, -0.05) is 32.4 Å². The van der Waals surface area contributed by atoms with E-state index in [0.29, 0.717) is 12.0 Å². The van der Waals surface area contributed by atoms with Crippen LogP contribution in [0.5, 0.6) is 0 Å². The van der Waals surface area contributed by atoms with Crippen molar-refractivity contribution in [2.24, 2.45) is 5.92 Å². The van der Waals surface area contributed by atoms with Crippen LogP contribution in [0.1, 0.15) is 38.3 Å². The fourth-order valence-electron chi connectivity index (χ4n) is 3.13. The largest absolute Gasteiger partial charge is 0.314 e. The van der Waals surface area contributed by atoms with E-state index in [1.54, 1.807) is 12.1 Å². The zero-order valence-electron chi connectivity index (χ0n) is 12.0. The van der Waals surface area contributed by atoms with Crippen molar-refractivity contribution in [3.05, 3.63) is 35.6 Å². The maximum Gasteiger partial charge on any atom is 0.123 e. The van der Waals surface area contributed by atoms with Crippen LogP contribution < -0.4 is 5.32 Å². The number of hydrogen-bond acceptors (Lipinski definition) is 2. The van der Waals surface area contributed by atoms with Crippen molar-refractivity contribution < 1.29 is 4.39 Å². The first-order valence-electron chi connectivity index (χ1n) is 7.42. The van der Waals surface area contributed by atoms with E-state index in [-0.39, 0.29) is 5.82 Å². The Morgan fingerprint density at radius 1 is 1.21 bits per heavy atom. The first-order valence-corrected chi connectivity index (χ1v) is 7.42. The fraction of sp³-hybridized carbons (Fsp3) is 0.625. The Kier molecular flexibility index (Phi) is 5.34. The van der Waals surface area contributed by atoms with E-state index in [1.165, 1.54) is 18.4 Å². The van der Waals surface area contributed by atoms with Crippen molar-refractivity contribution in [2.45, 2.75) is 32.7 Å². The van der Waals surface area contributed by atoms with E-state index < -0.39 is 0 Å². The first kappa shape index (κ1) is 14.5. The number of nitrogens with one attached hydrogen (secondary N) is 1. The van der Waals surface area contributed by atoms with E-state index in [4.69, 9.17) is 0 Å². The minimum absolute atomic E-state index is 0.147. The molecule has 1 heterocycles. The molecular weight excluding hydrogens is 239 g/mol. The van der Waals surface area contributed by atoms with Crippen molar-refractivity contribution in [3.8, 4) is 0 Å². The summed E-state index contributed by atoms with van der Waals surface area (Å²) in [5.41, 5.74) is 1.25. The van der Waals surface area contributed by atoms with Gasteiger partial charge in [-0.3, -0.25) is 4.90 Å². The molecule has 1 aliphatic heterocycles. The Morgan fingerprint density at radius 3 is 2.42 bits per heavy atom. The minimum atomic E-state index is -0.147. The van der Waals surface area contributed by atoms with Crippen molar-refractivity contribution in [1.82, 2.24) is 10.2 Å². The molecule has 3 heteroatoms. The third kappa shape index (κ3) is 3.77. The Balaban J connectivity index is 2.19. The normalized spacial score (nSPS) is 20.2. The first-order chi connectivity index (χ1) is 9.22. The van der Waals surface area contributed by atoms with Crippen LogP contribution in [0.3, 0.4) is 0 Å². The predicted molar refractivity (Wildman–Crippen MR) is 77.7 cm³/mol. The van der Waals surface area contributed by atoms with Gasteiger partial charge in [-0.05, 0) is 30.0 Å². The number of hydrogen-bond donors (Lipinski definition) is 1. The molecule has 0 spiro atoms. The summed E-state index contributed by atoms with van der Waals surface area (Å²) < 4.78 is 13.1. The van der Waals surface area contributed by atoms with Crippen LogP contribution in [-0.2, 0) is 0 Å². The van der Waals surface area contributed by atoms with E-state index in [1.807, 2.05) is 12.1 Å². The summed E-state index contributed by atoms with van der Waals surface area (Å²) in [6, 6.07) is 7.50. The van der Waals surface area contributed by atoms with Crippen LogP contribution in [0.15, 0.2) is 24.3 Å². The second-order valence-corrected chi connectivity index (χ2v) is 5.55. The second-order valence-electron chi connectivity index (χ2n) is 5.55. The molecule has 1 aromatic carbocycles. The van der Waals surface area contributed by atoms with Gasteiger partial charge in [-0.25, -0.2) is 4.39 Å². The smallest absolute Gasteiger partial charge is 0.123 e. The second kappa shape index (κ2) is 7.01. The summed E-state index contributed by atoms with van der Waals surface area (Å²) in [6.07, 6.45) is 2.41. The van der Waals surface area contributed by atoms with Crippen molar-refractivity contribution in [3.63, 3.8) is 0 Å². The molecule has 2 rings (SSSR count). The van der Waals surface area contributed by atoms with Gasteiger partial charge >= 0.3 is 0 Å². The number of halogens is 1. The van der Waals surface area contributed by atoms with Crippen LogP contribution in [0.4, 0.5) is 4.39 Å². The number of nitrogens with zero attached hydrogens (tertiary/aromatic N) is 1. The summed E-state index contributed by atoms with van der Waals surface area (Å²) in [7, 11) is 0. The van der Waals surface area contributed by atoms with Gasteiger partial charge in [-0.2, -0.15) is 0 Å². The maximum atomic E-state index is 13.1. The van der Waals surface area contributed by atoms with Gasteiger partial charge in [0.25, 0.3) is 0 Å². The highest BCUT2D eigenvalue weighted by atomic mass is 19.1. The molecule has 0 amide bonds. The topological polar surface area (TPSA) is 15.3 Å². The molecule has 0 bridgehead atoms. The summed E-state index contributed by atoms with van der Waals surface area (Å²) in [5, 5.41) is 3.40. The van der Waals surface area contributed by atoms with Crippen LogP contribution in [0.25, 0.3) is 0 Å².